The van der Waals surface area contributed by atoms with E-state index in [1.165, 1.54) is 25.4 Å². The fourth-order valence-electron chi connectivity index (χ4n) is 4.75. The number of rotatable bonds is 10. The first-order valence-corrected chi connectivity index (χ1v) is 20.8. The van der Waals surface area contributed by atoms with Crippen LogP contribution in [0.3, 0.4) is 0 Å². The summed E-state index contributed by atoms with van der Waals surface area (Å²) in [6.45, 7) is 4.29. The molecule has 0 fully saturated rings. The Morgan fingerprint density at radius 2 is 0.850 bits per heavy atom. The minimum atomic E-state index is -0.159. The Kier molecular flexibility index (Phi) is 10.5. The number of benzene rings is 1. The predicted octanol–water partition coefficient (Wildman–Crippen LogP) is 11.0. The molecule has 0 saturated carbocycles. The molecular formula is C28H30O4S8. The first-order chi connectivity index (χ1) is 19.6. The SMILES string of the molecule is CCCCCC(=O)Oc1c2c3c(OC(=O)CCCCC)c4c1CSC1=C(SC3)SC(=C3SC(=C(SC4)S3)SC2)S1. The molecular weight excluding hydrogens is 657 g/mol. The van der Waals surface area contributed by atoms with Gasteiger partial charge in [-0.3, -0.25) is 9.59 Å². The summed E-state index contributed by atoms with van der Waals surface area (Å²) >= 11 is 14.9. The molecule has 0 unspecified atom stereocenters. The van der Waals surface area contributed by atoms with Gasteiger partial charge in [0.15, 0.2) is 0 Å². The maximum atomic E-state index is 13.2. The lowest BCUT2D eigenvalue weighted by Gasteiger charge is -2.27. The van der Waals surface area contributed by atoms with Gasteiger partial charge in [-0.2, -0.15) is 0 Å². The van der Waals surface area contributed by atoms with Gasteiger partial charge in [-0.1, -0.05) is 86.6 Å². The van der Waals surface area contributed by atoms with Crippen LogP contribution in [0.2, 0.25) is 0 Å². The zero-order valence-corrected chi connectivity index (χ0v) is 28.9. The third-order valence-corrected chi connectivity index (χ3v) is 18.5. The quantitative estimate of drug-likeness (QED) is 0.134. The summed E-state index contributed by atoms with van der Waals surface area (Å²) in [6, 6.07) is 0. The molecule has 4 nitrogen and oxygen atoms in total. The van der Waals surface area contributed by atoms with Crippen LogP contribution in [0.4, 0.5) is 0 Å². The van der Waals surface area contributed by atoms with E-state index in [-0.39, 0.29) is 11.9 Å². The molecule has 214 valence electrons. The van der Waals surface area contributed by atoms with Crippen LogP contribution >= 0.6 is 94.1 Å². The highest BCUT2D eigenvalue weighted by Gasteiger charge is 2.37. The van der Waals surface area contributed by atoms with E-state index in [1.54, 1.807) is 0 Å². The van der Waals surface area contributed by atoms with Crippen LogP contribution < -0.4 is 9.47 Å². The van der Waals surface area contributed by atoms with E-state index in [4.69, 9.17) is 9.47 Å². The fourth-order valence-corrected chi connectivity index (χ4v) is 16.9. The topological polar surface area (TPSA) is 52.6 Å². The maximum absolute atomic E-state index is 13.2. The minimum Gasteiger partial charge on any atom is -0.426 e. The second-order valence-corrected chi connectivity index (χ2v) is 19.3. The van der Waals surface area contributed by atoms with Crippen molar-refractivity contribution in [1.29, 1.82) is 0 Å². The molecule has 12 heteroatoms. The average Bonchev–Trinajstić information content (AvgIpc) is 3.54. The number of unbranched alkanes of at least 4 members (excludes halogenated alkanes) is 4. The zero-order chi connectivity index (χ0) is 27.6. The normalized spacial score (nSPS) is 19.2. The molecule has 0 N–H and O–H groups in total. The number of hydrogen-bond acceptors (Lipinski definition) is 12. The van der Waals surface area contributed by atoms with Crippen molar-refractivity contribution in [3.63, 3.8) is 0 Å². The van der Waals surface area contributed by atoms with E-state index >= 15 is 0 Å². The van der Waals surface area contributed by atoms with Crippen molar-refractivity contribution in [1.82, 2.24) is 0 Å². The van der Waals surface area contributed by atoms with Crippen molar-refractivity contribution in [3.05, 3.63) is 47.7 Å². The third kappa shape index (κ3) is 6.49. The number of hydrogen-bond donors (Lipinski definition) is 0. The molecule has 0 aromatic heterocycles. The number of esters is 2. The first-order valence-electron chi connectivity index (χ1n) is 13.6. The first kappa shape index (κ1) is 30.2. The molecule has 10 bridgehead atoms. The molecule has 1 aromatic rings. The van der Waals surface area contributed by atoms with E-state index in [2.05, 4.69) is 13.8 Å². The minimum absolute atomic E-state index is 0.159. The number of thioether (sulfide) groups is 8. The van der Waals surface area contributed by atoms with Crippen LogP contribution in [-0.2, 0) is 32.6 Å². The van der Waals surface area contributed by atoms with Crippen molar-refractivity contribution in [2.45, 2.75) is 88.2 Å². The Morgan fingerprint density at radius 3 is 1.15 bits per heavy atom. The van der Waals surface area contributed by atoms with Crippen molar-refractivity contribution in [2.24, 2.45) is 0 Å². The van der Waals surface area contributed by atoms with Crippen LogP contribution in [0.15, 0.2) is 25.4 Å². The highest BCUT2D eigenvalue weighted by atomic mass is 32.3. The summed E-state index contributed by atoms with van der Waals surface area (Å²) in [6.07, 6.45) is 6.71. The number of carbonyl (C=O) groups is 2. The molecule has 0 aliphatic carbocycles. The van der Waals surface area contributed by atoms with Crippen LogP contribution in [0.1, 0.15) is 87.5 Å². The Hall–Kier alpha value is 0.180. The second-order valence-electron chi connectivity index (χ2n) is 9.72. The second kappa shape index (κ2) is 13.9. The van der Waals surface area contributed by atoms with E-state index in [0.29, 0.717) is 35.9 Å². The average molecular weight is 687 g/mol. The lowest BCUT2D eigenvalue weighted by Crippen LogP contribution is -2.17. The molecule has 0 spiro atoms. The van der Waals surface area contributed by atoms with Crippen LogP contribution in [-0.4, -0.2) is 11.9 Å². The smallest absolute Gasteiger partial charge is 0.311 e. The summed E-state index contributed by atoms with van der Waals surface area (Å²) in [5.41, 5.74) is 4.11. The summed E-state index contributed by atoms with van der Waals surface area (Å²) in [5.74, 6) is 3.89. The van der Waals surface area contributed by atoms with Gasteiger partial charge in [0.2, 0.25) is 0 Å². The van der Waals surface area contributed by atoms with E-state index in [0.717, 1.165) is 72.3 Å². The Balaban J connectivity index is 1.49. The zero-order valence-electron chi connectivity index (χ0n) is 22.4. The highest BCUT2D eigenvalue weighted by molar-refractivity contribution is 8.44. The van der Waals surface area contributed by atoms with Gasteiger partial charge >= 0.3 is 11.9 Å². The maximum Gasteiger partial charge on any atom is 0.311 e. The van der Waals surface area contributed by atoms with Gasteiger partial charge in [-0.05, 0) is 12.8 Å². The summed E-state index contributed by atoms with van der Waals surface area (Å²) in [5, 5.41) is 0. The molecule has 0 radical (unpaired) electrons. The highest BCUT2D eigenvalue weighted by Crippen LogP contribution is 2.69. The summed E-state index contributed by atoms with van der Waals surface area (Å²) in [7, 11) is 0. The summed E-state index contributed by atoms with van der Waals surface area (Å²) < 4.78 is 20.8. The lowest BCUT2D eigenvalue weighted by atomic mass is 9.97. The molecule has 8 heterocycles. The van der Waals surface area contributed by atoms with Crippen LogP contribution in [0, 0.1) is 0 Å². The van der Waals surface area contributed by atoms with Gasteiger partial charge in [0.05, 0.1) is 25.4 Å². The molecule has 8 aliphatic heterocycles. The van der Waals surface area contributed by atoms with Gasteiger partial charge in [0.1, 0.15) is 11.5 Å². The van der Waals surface area contributed by atoms with Crippen molar-refractivity contribution < 1.29 is 19.1 Å². The monoisotopic (exact) mass is 686 g/mol. The molecule has 9 rings (SSSR count). The number of ether oxygens (including phenoxy) is 2. The van der Waals surface area contributed by atoms with Crippen molar-refractivity contribution >= 4 is 106 Å². The summed E-state index contributed by atoms with van der Waals surface area (Å²) in [4.78, 5) is 26.3. The Labute approximate surface area is 270 Å². The molecule has 0 saturated heterocycles. The number of carbonyl (C=O) groups excluding carboxylic acids is 2. The van der Waals surface area contributed by atoms with Gasteiger partial charge < -0.3 is 9.47 Å². The van der Waals surface area contributed by atoms with E-state index < -0.39 is 0 Å². The Bertz CT molecular complexity index is 1160. The third-order valence-electron chi connectivity index (χ3n) is 6.86. The van der Waals surface area contributed by atoms with E-state index in [9.17, 15) is 9.59 Å². The van der Waals surface area contributed by atoms with Crippen LogP contribution in [0.5, 0.6) is 11.5 Å². The lowest BCUT2D eigenvalue weighted by molar-refractivity contribution is -0.135. The van der Waals surface area contributed by atoms with Gasteiger partial charge in [-0.25, -0.2) is 0 Å². The van der Waals surface area contributed by atoms with Crippen LogP contribution in [0.25, 0.3) is 0 Å². The van der Waals surface area contributed by atoms with Gasteiger partial charge in [-0.15, -0.1) is 47.0 Å². The van der Waals surface area contributed by atoms with Gasteiger partial charge in [0.25, 0.3) is 0 Å². The molecule has 8 aliphatic rings. The molecule has 1 aromatic carbocycles. The van der Waals surface area contributed by atoms with Crippen molar-refractivity contribution in [3.8, 4) is 11.5 Å². The van der Waals surface area contributed by atoms with Gasteiger partial charge in [0, 0.05) is 58.1 Å². The van der Waals surface area contributed by atoms with E-state index in [1.807, 2.05) is 94.1 Å². The fraction of sp³-hybridized carbons (Fsp3) is 0.500. The molecule has 0 atom stereocenters. The Morgan fingerprint density at radius 1 is 0.525 bits per heavy atom. The standard InChI is InChI=1S/C28H30O4S8/c1-3-5-7-9-19(29)31-21-15-11-33-23-25-36-14-18-16(21)12-34-24-26(40-28(38-24)27(37-23)39-25)35-13-17(15)22(18)32-20(30)10-8-6-4-2/h3-14H2,1-2H3. The molecule has 0 amide bonds. The largest absolute Gasteiger partial charge is 0.426 e. The van der Waals surface area contributed by atoms with Crippen molar-refractivity contribution in [2.75, 3.05) is 0 Å². The predicted molar refractivity (Wildman–Crippen MR) is 183 cm³/mol. The molecule has 40 heavy (non-hydrogen) atoms.